The van der Waals surface area contributed by atoms with Crippen LogP contribution < -0.4 is 10.2 Å². The minimum Gasteiger partial charge on any atom is -0.355 e. The van der Waals surface area contributed by atoms with Gasteiger partial charge in [0.25, 0.3) is 0 Å². The first kappa shape index (κ1) is 21.9. The van der Waals surface area contributed by atoms with Crippen LogP contribution in [-0.2, 0) is 9.59 Å². The number of para-hydroxylation sites is 1. The van der Waals surface area contributed by atoms with Gasteiger partial charge in [0.05, 0.1) is 22.8 Å². The number of aromatic nitrogens is 2. The summed E-state index contributed by atoms with van der Waals surface area (Å²) in [6, 6.07) is 10.5. The molecule has 0 saturated carbocycles. The number of fused-ring (bicyclic) bond motifs is 1. The van der Waals surface area contributed by atoms with Gasteiger partial charge in [-0.1, -0.05) is 36.4 Å². The average molecular weight is 442 g/mol. The van der Waals surface area contributed by atoms with Crippen LogP contribution in [0.1, 0.15) is 38.3 Å². The summed E-state index contributed by atoms with van der Waals surface area (Å²) in [6.45, 7) is 7.01. The lowest BCUT2D eigenvalue weighted by atomic mass is 10.0. The Kier molecular flexibility index (Phi) is 6.97. The predicted molar refractivity (Wildman–Crippen MR) is 124 cm³/mol. The van der Waals surface area contributed by atoms with Crippen LogP contribution in [0.5, 0.6) is 0 Å². The number of carbonyl (C=O) groups excluding carboxylic acids is 2. The average Bonchev–Trinajstić information content (AvgIpc) is 3.11. The van der Waals surface area contributed by atoms with Gasteiger partial charge >= 0.3 is 0 Å². The molecule has 1 aromatic carbocycles. The smallest absolute Gasteiger partial charge is 0.240 e. The molecule has 0 unspecified atom stereocenters. The number of hydrogen-bond donors (Lipinski definition) is 1. The Morgan fingerprint density at radius 1 is 1.26 bits per heavy atom. The lowest BCUT2D eigenvalue weighted by molar-refractivity contribution is -0.123. The molecule has 3 heterocycles. The summed E-state index contributed by atoms with van der Waals surface area (Å²) in [7, 11) is 0. The van der Waals surface area contributed by atoms with Crippen LogP contribution in [0.15, 0.2) is 35.4 Å². The van der Waals surface area contributed by atoms with Crippen molar-refractivity contribution in [1.82, 2.24) is 20.0 Å². The van der Waals surface area contributed by atoms with Gasteiger partial charge in [-0.25, -0.2) is 4.68 Å². The van der Waals surface area contributed by atoms with Crippen molar-refractivity contribution in [2.24, 2.45) is 0 Å². The van der Waals surface area contributed by atoms with Crippen molar-refractivity contribution in [1.29, 1.82) is 0 Å². The standard InChI is InChI=1S/C23H31N5O2S/c1-17-9-6-7-13-26(17)14-8-12-24-20(29)15-27-21(30)16-31-23-22(27)18(2)25-28(23)19-10-4-3-5-11-19/h3-5,10-11,17H,6-9,12-16H2,1-2H3,(H,24,29)/t17-/m0/s1. The van der Waals surface area contributed by atoms with Crippen LogP contribution in [0, 0.1) is 6.92 Å². The van der Waals surface area contributed by atoms with E-state index in [0.717, 1.165) is 41.6 Å². The number of rotatable bonds is 7. The first-order valence-electron chi connectivity index (χ1n) is 11.1. The molecule has 0 radical (unpaired) electrons. The normalized spacial score (nSPS) is 19.4. The zero-order valence-electron chi connectivity index (χ0n) is 18.3. The van der Waals surface area contributed by atoms with Gasteiger partial charge in [0.1, 0.15) is 11.6 Å². The lowest BCUT2D eigenvalue weighted by Crippen LogP contribution is -2.44. The summed E-state index contributed by atoms with van der Waals surface area (Å²) in [6.07, 6.45) is 4.78. The van der Waals surface area contributed by atoms with Crippen molar-refractivity contribution >= 4 is 29.3 Å². The molecule has 166 valence electrons. The van der Waals surface area contributed by atoms with Crippen LogP contribution in [0.25, 0.3) is 5.69 Å². The number of thioether (sulfide) groups is 1. The Labute approximate surface area is 188 Å². The van der Waals surface area contributed by atoms with E-state index in [9.17, 15) is 9.59 Å². The third-order valence-corrected chi connectivity index (χ3v) is 7.11. The zero-order chi connectivity index (χ0) is 21.8. The van der Waals surface area contributed by atoms with E-state index < -0.39 is 0 Å². The molecule has 1 saturated heterocycles. The van der Waals surface area contributed by atoms with E-state index in [4.69, 9.17) is 0 Å². The number of carbonyl (C=O) groups is 2. The molecule has 31 heavy (non-hydrogen) atoms. The number of benzene rings is 1. The summed E-state index contributed by atoms with van der Waals surface area (Å²) in [5.74, 6) is 0.140. The van der Waals surface area contributed by atoms with Crippen LogP contribution >= 0.6 is 11.8 Å². The van der Waals surface area contributed by atoms with Crippen molar-refractivity contribution in [3.63, 3.8) is 0 Å². The number of nitrogens with zero attached hydrogens (tertiary/aromatic N) is 4. The molecule has 8 heteroatoms. The maximum Gasteiger partial charge on any atom is 0.240 e. The number of likely N-dealkylation sites (tertiary alicyclic amines) is 1. The van der Waals surface area contributed by atoms with Crippen LogP contribution in [0.3, 0.4) is 0 Å². The monoisotopic (exact) mass is 441 g/mol. The van der Waals surface area contributed by atoms with Gasteiger partial charge in [-0.05, 0) is 51.8 Å². The van der Waals surface area contributed by atoms with Crippen molar-refractivity contribution in [2.45, 2.75) is 50.6 Å². The van der Waals surface area contributed by atoms with Gasteiger partial charge in [0, 0.05) is 19.1 Å². The third-order valence-electron chi connectivity index (χ3n) is 6.08. The molecule has 1 atom stereocenters. The lowest BCUT2D eigenvalue weighted by Gasteiger charge is -2.33. The van der Waals surface area contributed by atoms with Crippen LogP contribution in [-0.4, -0.2) is 64.5 Å². The molecule has 0 bridgehead atoms. The number of anilines is 1. The molecule has 2 aliphatic heterocycles. The maximum absolute atomic E-state index is 12.6. The van der Waals surface area contributed by atoms with E-state index in [1.165, 1.54) is 31.0 Å². The SMILES string of the molecule is Cc1nn(-c2ccccc2)c2c1N(CC(=O)NCCCN1CCCC[C@@H]1C)C(=O)CS2. The minimum atomic E-state index is -0.121. The number of nitrogens with one attached hydrogen (secondary N) is 1. The molecule has 1 fully saturated rings. The molecule has 1 N–H and O–H groups in total. The highest BCUT2D eigenvalue weighted by Gasteiger charge is 2.32. The van der Waals surface area contributed by atoms with Crippen molar-refractivity contribution < 1.29 is 9.59 Å². The molecular weight excluding hydrogens is 410 g/mol. The van der Waals surface area contributed by atoms with E-state index in [1.54, 1.807) is 4.90 Å². The summed E-state index contributed by atoms with van der Waals surface area (Å²) in [5, 5.41) is 8.57. The Morgan fingerprint density at radius 3 is 2.84 bits per heavy atom. The quantitative estimate of drug-likeness (QED) is 0.669. The maximum atomic E-state index is 12.6. The highest BCUT2D eigenvalue weighted by atomic mass is 32.2. The Balaban J connectivity index is 1.37. The summed E-state index contributed by atoms with van der Waals surface area (Å²) < 4.78 is 1.87. The first-order valence-corrected chi connectivity index (χ1v) is 12.1. The fourth-order valence-electron chi connectivity index (χ4n) is 4.38. The molecule has 0 aliphatic carbocycles. The van der Waals surface area contributed by atoms with Crippen molar-refractivity contribution in [3.05, 3.63) is 36.0 Å². The van der Waals surface area contributed by atoms with E-state index in [2.05, 4.69) is 22.2 Å². The summed E-state index contributed by atoms with van der Waals surface area (Å²) in [4.78, 5) is 29.4. The molecule has 0 spiro atoms. The number of aryl methyl sites for hydroxylation is 1. The van der Waals surface area contributed by atoms with Gasteiger partial charge in [0.15, 0.2) is 0 Å². The second-order valence-corrected chi connectivity index (χ2v) is 9.30. The molecule has 4 rings (SSSR count). The Morgan fingerprint density at radius 2 is 2.06 bits per heavy atom. The second kappa shape index (κ2) is 9.87. The van der Waals surface area contributed by atoms with Crippen molar-refractivity contribution in [2.75, 3.05) is 36.8 Å². The molecule has 7 nitrogen and oxygen atoms in total. The molecule has 2 aromatic rings. The molecule has 1 aromatic heterocycles. The molecule has 2 amide bonds. The van der Waals surface area contributed by atoms with E-state index >= 15 is 0 Å². The van der Waals surface area contributed by atoms with Gasteiger partial charge in [-0.3, -0.25) is 14.5 Å². The van der Waals surface area contributed by atoms with E-state index in [1.807, 2.05) is 41.9 Å². The van der Waals surface area contributed by atoms with Gasteiger partial charge in [-0.2, -0.15) is 5.10 Å². The fraction of sp³-hybridized carbons (Fsp3) is 0.522. The Hall–Kier alpha value is -2.32. The van der Waals surface area contributed by atoms with Crippen LogP contribution in [0.4, 0.5) is 5.69 Å². The number of amides is 2. The van der Waals surface area contributed by atoms with Crippen LogP contribution in [0.2, 0.25) is 0 Å². The number of hydrogen-bond acceptors (Lipinski definition) is 5. The van der Waals surface area contributed by atoms with E-state index in [-0.39, 0.29) is 18.4 Å². The number of piperidine rings is 1. The largest absolute Gasteiger partial charge is 0.355 e. The topological polar surface area (TPSA) is 70.5 Å². The van der Waals surface area contributed by atoms with Gasteiger partial charge in [0.2, 0.25) is 11.8 Å². The highest BCUT2D eigenvalue weighted by molar-refractivity contribution is 8.00. The van der Waals surface area contributed by atoms with Gasteiger partial charge in [-0.15, -0.1) is 0 Å². The zero-order valence-corrected chi connectivity index (χ0v) is 19.2. The summed E-state index contributed by atoms with van der Waals surface area (Å²) in [5.41, 5.74) is 2.46. The molecular formula is C23H31N5O2S. The fourth-order valence-corrected chi connectivity index (χ4v) is 5.46. The third kappa shape index (κ3) is 4.96. The van der Waals surface area contributed by atoms with Crippen molar-refractivity contribution in [3.8, 4) is 5.69 Å². The predicted octanol–water partition coefficient (Wildman–Crippen LogP) is 3.00. The minimum absolute atomic E-state index is 0.0355. The second-order valence-electron chi connectivity index (χ2n) is 8.34. The first-order chi connectivity index (χ1) is 15.0. The van der Waals surface area contributed by atoms with E-state index in [0.29, 0.717) is 18.3 Å². The Bertz CT molecular complexity index is 930. The van der Waals surface area contributed by atoms with Gasteiger partial charge < -0.3 is 10.2 Å². The molecule has 2 aliphatic rings. The summed E-state index contributed by atoms with van der Waals surface area (Å²) >= 11 is 1.48. The highest BCUT2D eigenvalue weighted by Crippen LogP contribution is 2.39.